The molecule has 0 bridgehead atoms. The maximum atomic E-state index is 5.61. The van der Waals surface area contributed by atoms with Crippen molar-refractivity contribution in [2.45, 2.75) is 20.4 Å². The standard InChI is InChI=1S/C12H23N3O2S/c1-3-16-7-5-15(6-8-17-4-2)12-14-10-11(9-13)18-12/h10H,3-9,13H2,1-2H3. The largest absolute Gasteiger partial charge is 0.380 e. The molecule has 0 aliphatic carbocycles. The smallest absolute Gasteiger partial charge is 0.185 e. The van der Waals surface area contributed by atoms with Crippen LogP contribution in [0.2, 0.25) is 0 Å². The molecule has 0 amide bonds. The molecule has 0 radical (unpaired) electrons. The second-order valence-electron chi connectivity index (χ2n) is 3.69. The maximum Gasteiger partial charge on any atom is 0.185 e. The Morgan fingerprint density at radius 3 is 2.28 bits per heavy atom. The van der Waals surface area contributed by atoms with Crippen LogP contribution in [-0.2, 0) is 16.0 Å². The summed E-state index contributed by atoms with van der Waals surface area (Å²) in [6, 6.07) is 0. The van der Waals surface area contributed by atoms with Crippen LogP contribution in [0.25, 0.3) is 0 Å². The van der Waals surface area contributed by atoms with Gasteiger partial charge in [-0.25, -0.2) is 4.98 Å². The lowest BCUT2D eigenvalue weighted by Gasteiger charge is -2.21. The van der Waals surface area contributed by atoms with Crippen LogP contribution in [0.15, 0.2) is 6.20 Å². The van der Waals surface area contributed by atoms with E-state index in [0.29, 0.717) is 19.8 Å². The van der Waals surface area contributed by atoms with Crippen LogP contribution in [0.5, 0.6) is 0 Å². The van der Waals surface area contributed by atoms with Gasteiger partial charge in [-0.1, -0.05) is 0 Å². The summed E-state index contributed by atoms with van der Waals surface area (Å²) in [5, 5.41) is 0.995. The van der Waals surface area contributed by atoms with Gasteiger partial charge in [0.1, 0.15) is 0 Å². The van der Waals surface area contributed by atoms with Crippen LogP contribution in [0.1, 0.15) is 18.7 Å². The SMILES string of the molecule is CCOCCN(CCOCC)c1ncc(CN)s1. The Hall–Kier alpha value is -0.690. The highest BCUT2D eigenvalue weighted by atomic mass is 32.1. The zero-order chi connectivity index (χ0) is 13.2. The van der Waals surface area contributed by atoms with Crippen molar-refractivity contribution in [3.63, 3.8) is 0 Å². The topological polar surface area (TPSA) is 60.6 Å². The van der Waals surface area contributed by atoms with E-state index >= 15 is 0 Å². The molecule has 104 valence electrons. The molecule has 0 saturated heterocycles. The summed E-state index contributed by atoms with van der Waals surface area (Å²) in [6.45, 7) is 9.11. The van der Waals surface area contributed by atoms with E-state index in [2.05, 4.69) is 9.88 Å². The molecule has 0 unspecified atom stereocenters. The first-order valence-electron chi connectivity index (χ1n) is 6.37. The monoisotopic (exact) mass is 273 g/mol. The number of rotatable bonds is 10. The summed E-state index contributed by atoms with van der Waals surface area (Å²) in [4.78, 5) is 7.69. The van der Waals surface area contributed by atoms with E-state index < -0.39 is 0 Å². The molecule has 5 nitrogen and oxygen atoms in total. The number of hydrogen-bond donors (Lipinski definition) is 1. The number of nitrogens with two attached hydrogens (primary N) is 1. The third-order valence-electron chi connectivity index (χ3n) is 2.43. The number of hydrogen-bond acceptors (Lipinski definition) is 6. The molecule has 0 aliphatic heterocycles. The molecule has 1 rings (SSSR count). The number of aromatic nitrogens is 1. The fourth-order valence-electron chi connectivity index (χ4n) is 1.48. The molecule has 1 aromatic rings. The molecular weight excluding hydrogens is 250 g/mol. The van der Waals surface area contributed by atoms with E-state index in [9.17, 15) is 0 Å². The second-order valence-corrected chi connectivity index (χ2v) is 4.79. The van der Waals surface area contributed by atoms with E-state index in [1.165, 1.54) is 0 Å². The molecule has 0 fully saturated rings. The van der Waals surface area contributed by atoms with Gasteiger partial charge >= 0.3 is 0 Å². The lowest BCUT2D eigenvalue weighted by Crippen LogP contribution is -2.31. The fourth-order valence-corrected chi connectivity index (χ4v) is 2.32. The van der Waals surface area contributed by atoms with Crippen LogP contribution >= 0.6 is 11.3 Å². The van der Waals surface area contributed by atoms with Gasteiger partial charge in [0, 0.05) is 43.9 Å². The first kappa shape index (κ1) is 15.4. The van der Waals surface area contributed by atoms with E-state index in [1.807, 2.05) is 20.0 Å². The zero-order valence-electron chi connectivity index (χ0n) is 11.2. The highest BCUT2D eigenvalue weighted by Gasteiger charge is 2.10. The minimum absolute atomic E-state index is 0.544. The summed E-state index contributed by atoms with van der Waals surface area (Å²) in [6.07, 6.45) is 1.84. The van der Waals surface area contributed by atoms with Crippen molar-refractivity contribution in [1.29, 1.82) is 0 Å². The number of nitrogens with zero attached hydrogens (tertiary/aromatic N) is 2. The Bertz CT molecular complexity index is 310. The predicted molar refractivity (Wildman–Crippen MR) is 75.2 cm³/mol. The Kier molecular flexibility index (Phi) is 7.91. The van der Waals surface area contributed by atoms with Gasteiger partial charge in [0.05, 0.1) is 13.2 Å². The summed E-state index contributed by atoms with van der Waals surface area (Å²) in [7, 11) is 0. The third-order valence-corrected chi connectivity index (χ3v) is 3.51. The van der Waals surface area contributed by atoms with Crippen LogP contribution in [0, 0.1) is 0 Å². The van der Waals surface area contributed by atoms with Crippen LogP contribution < -0.4 is 10.6 Å². The van der Waals surface area contributed by atoms with Crippen molar-refractivity contribution in [2.24, 2.45) is 5.73 Å². The zero-order valence-corrected chi connectivity index (χ0v) is 12.0. The van der Waals surface area contributed by atoms with E-state index in [1.54, 1.807) is 11.3 Å². The summed E-state index contributed by atoms with van der Waals surface area (Å²) < 4.78 is 10.8. The van der Waals surface area contributed by atoms with Gasteiger partial charge in [-0.05, 0) is 13.8 Å². The van der Waals surface area contributed by atoms with Gasteiger partial charge in [0.25, 0.3) is 0 Å². The normalized spacial score (nSPS) is 10.8. The highest BCUT2D eigenvalue weighted by Crippen LogP contribution is 2.21. The van der Waals surface area contributed by atoms with Crippen LogP contribution in [0.3, 0.4) is 0 Å². The minimum atomic E-state index is 0.544. The summed E-state index contributed by atoms with van der Waals surface area (Å²) >= 11 is 1.64. The van der Waals surface area contributed by atoms with E-state index in [0.717, 1.165) is 36.3 Å². The molecule has 1 heterocycles. The fraction of sp³-hybridized carbons (Fsp3) is 0.750. The van der Waals surface area contributed by atoms with E-state index in [-0.39, 0.29) is 0 Å². The molecule has 0 aliphatic rings. The molecule has 0 saturated carbocycles. The van der Waals surface area contributed by atoms with Crippen molar-refractivity contribution in [3.8, 4) is 0 Å². The molecule has 18 heavy (non-hydrogen) atoms. The van der Waals surface area contributed by atoms with Gasteiger partial charge < -0.3 is 20.1 Å². The van der Waals surface area contributed by atoms with Crippen LogP contribution in [0.4, 0.5) is 5.13 Å². The highest BCUT2D eigenvalue weighted by molar-refractivity contribution is 7.15. The van der Waals surface area contributed by atoms with Gasteiger partial charge in [0.15, 0.2) is 5.13 Å². The van der Waals surface area contributed by atoms with Gasteiger partial charge in [-0.3, -0.25) is 0 Å². The van der Waals surface area contributed by atoms with E-state index in [4.69, 9.17) is 15.2 Å². The Morgan fingerprint density at radius 1 is 1.22 bits per heavy atom. The summed E-state index contributed by atoms with van der Waals surface area (Å²) in [5.41, 5.74) is 5.61. The molecule has 2 N–H and O–H groups in total. The average Bonchev–Trinajstić information content (AvgIpc) is 2.86. The summed E-state index contributed by atoms with van der Waals surface area (Å²) in [5.74, 6) is 0. The number of thiazole rings is 1. The second kappa shape index (κ2) is 9.27. The van der Waals surface area contributed by atoms with Gasteiger partial charge in [-0.2, -0.15) is 0 Å². The first-order chi connectivity index (χ1) is 8.81. The Labute approximate surface area is 113 Å². The Balaban J connectivity index is 2.51. The average molecular weight is 273 g/mol. The first-order valence-corrected chi connectivity index (χ1v) is 7.18. The van der Waals surface area contributed by atoms with Crippen molar-refractivity contribution >= 4 is 16.5 Å². The maximum absolute atomic E-state index is 5.61. The van der Waals surface area contributed by atoms with Crippen molar-refractivity contribution < 1.29 is 9.47 Å². The molecule has 0 spiro atoms. The van der Waals surface area contributed by atoms with Crippen molar-refractivity contribution in [3.05, 3.63) is 11.1 Å². The third kappa shape index (κ3) is 5.30. The molecular formula is C12H23N3O2S. The van der Waals surface area contributed by atoms with Crippen LogP contribution in [-0.4, -0.2) is 44.5 Å². The molecule has 0 atom stereocenters. The molecule has 6 heteroatoms. The number of ether oxygens (including phenoxy) is 2. The van der Waals surface area contributed by atoms with Crippen molar-refractivity contribution in [2.75, 3.05) is 44.4 Å². The van der Waals surface area contributed by atoms with Gasteiger partial charge in [0.2, 0.25) is 0 Å². The predicted octanol–water partition coefficient (Wildman–Crippen LogP) is 1.48. The molecule has 0 aromatic carbocycles. The van der Waals surface area contributed by atoms with Crippen molar-refractivity contribution in [1.82, 2.24) is 4.98 Å². The quantitative estimate of drug-likeness (QED) is 0.654. The number of anilines is 1. The van der Waals surface area contributed by atoms with Gasteiger partial charge in [-0.15, -0.1) is 11.3 Å². The molecule has 1 aromatic heterocycles. The lowest BCUT2D eigenvalue weighted by atomic mass is 10.5. The lowest BCUT2D eigenvalue weighted by molar-refractivity contribution is 0.141. The Morgan fingerprint density at radius 2 is 1.83 bits per heavy atom. The minimum Gasteiger partial charge on any atom is -0.380 e.